The third-order valence-corrected chi connectivity index (χ3v) is 6.22. The molecular weight excluding hydrogens is 312 g/mol. The van der Waals surface area contributed by atoms with Crippen LogP contribution in [0.15, 0.2) is 41.1 Å². The maximum Gasteiger partial charge on any atom is 0.202 e. The number of aromatic nitrogens is 3. The van der Waals surface area contributed by atoms with Gasteiger partial charge in [-0.1, -0.05) is 31.1 Å². The molecule has 5 atom stereocenters. The Balaban J connectivity index is 1.63. The normalized spacial score (nSPS) is 32.2. The Morgan fingerprint density at radius 1 is 1.04 bits per heavy atom. The van der Waals surface area contributed by atoms with Gasteiger partial charge in [-0.3, -0.25) is 0 Å². The molecule has 3 aromatic rings. The number of nitrogens with zero attached hydrogens (tertiary/aromatic N) is 3. The maximum atomic E-state index is 5.47. The molecule has 2 aromatic heterocycles. The summed E-state index contributed by atoms with van der Waals surface area (Å²) in [5.41, 5.74) is 2.22. The third-order valence-electron chi connectivity index (χ3n) is 6.22. The molecule has 4 unspecified atom stereocenters. The molecule has 0 radical (unpaired) electrons. The van der Waals surface area contributed by atoms with E-state index in [0.29, 0.717) is 18.1 Å². The summed E-state index contributed by atoms with van der Waals surface area (Å²) in [6.45, 7) is 4.77. The van der Waals surface area contributed by atoms with Crippen LogP contribution in [0.1, 0.15) is 39.2 Å². The molecule has 2 saturated heterocycles. The summed E-state index contributed by atoms with van der Waals surface area (Å²) < 4.78 is 7.87. The van der Waals surface area contributed by atoms with Crippen molar-refractivity contribution < 1.29 is 4.52 Å². The van der Waals surface area contributed by atoms with Gasteiger partial charge in [-0.25, -0.2) is 4.98 Å². The van der Waals surface area contributed by atoms with Gasteiger partial charge in [0.15, 0.2) is 5.82 Å². The lowest BCUT2D eigenvalue weighted by Crippen LogP contribution is -2.56. The van der Waals surface area contributed by atoms with E-state index in [1.54, 1.807) is 6.20 Å². The van der Waals surface area contributed by atoms with Crippen LogP contribution in [0.2, 0.25) is 0 Å². The molecule has 2 bridgehead atoms. The number of piperidine rings is 2. The number of benzene rings is 1. The highest BCUT2D eigenvalue weighted by Gasteiger charge is 2.40. The number of rotatable bonds is 2. The van der Waals surface area contributed by atoms with Crippen LogP contribution in [0.25, 0.3) is 22.6 Å². The molecular formula is C20H24N4O. The summed E-state index contributed by atoms with van der Waals surface area (Å²) in [6.07, 6.45) is 5.31. The van der Waals surface area contributed by atoms with Gasteiger partial charge in [0, 0.05) is 24.2 Å². The molecule has 0 amide bonds. The van der Waals surface area contributed by atoms with E-state index in [1.165, 1.54) is 11.9 Å². The predicted molar refractivity (Wildman–Crippen MR) is 97.2 cm³/mol. The van der Waals surface area contributed by atoms with Crippen LogP contribution in [0.4, 0.5) is 0 Å². The minimum atomic E-state index is 0.439. The highest BCUT2D eigenvalue weighted by Crippen LogP contribution is 2.41. The molecule has 5 rings (SSSR count). The second kappa shape index (κ2) is 5.70. The van der Waals surface area contributed by atoms with Crippen LogP contribution >= 0.6 is 0 Å². The number of para-hydroxylation sites is 2. The van der Waals surface area contributed by atoms with E-state index in [2.05, 4.69) is 47.1 Å². The molecule has 0 saturated carbocycles. The molecule has 25 heavy (non-hydrogen) atoms. The summed E-state index contributed by atoms with van der Waals surface area (Å²) >= 11 is 0. The van der Waals surface area contributed by atoms with Gasteiger partial charge in [-0.2, -0.15) is 0 Å². The van der Waals surface area contributed by atoms with Gasteiger partial charge in [-0.05, 0) is 43.2 Å². The molecule has 0 spiro atoms. The van der Waals surface area contributed by atoms with Crippen LogP contribution in [0.5, 0.6) is 0 Å². The van der Waals surface area contributed by atoms with Crippen molar-refractivity contribution in [2.24, 2.45) is 11.8 Å². The Kier molecular flexibility index (Phi) is 3.45. The van der Waals surface area contributed by atoms with Crippen molar-refractivity contribution in [1.82, 2.24) is 20.0 Å². The third kappa shape index (κ3) is 2.41. The first-order chi connectivity index (χ1) is 12.2. The first-order valence-electron chi connectivity index (χ1n) is 9.35. The maximum absolute atomic E-state index is 5.47. The molecule has 2 aliphatic heterocycles. The van der Waals surface area contributed by atoms with Gasteiger partial charge in [0.1, 0.15) is 0 Å². The predicted octanol–water partition coefficient (Wildman–Crippen LogP) is 4.03. The average molecular weight is 336 g/mol. The van der Waals surface area contributed by atoms with Gasteiger partial charge >= 0.3 is 0 Å². The summed E-state index contributed by atoms with van der Waals surface area (Å²) in [4.78, 5) is 4.87. The minimum Gasteiger partial charge on any atom is -0.353 e. The number of imidazole rings is 1. The first-order valence-corrected chi connectivity index (χ1v) is 9.35. The Hall–Kier alpha value is -2.14. The van der Waals surface area contributed by atoms with Gasteiger partial charge < -0.3 is 14.4 Å². The van der Waals surface area contributed by atoms with Gasteiger partial charge in [0.2, 0.25) is 5.76 Å². The highest BCUT2D eigenvalue weighted by molar-refractivity contribution is 5.80. The second-order valence-corrected chi connectivity index (χ2v) is 7.87. The van der Waals surface area contributed by atoms with E-state index in [0.717, 1.165) is 41.8 Å². The van der Waals surface area contributed by atoms with Crippen molar-refractivity contribution in [2.75, 3.05) is 0 Å². The van der Waals surface area contributed by atoms with Crippen molar-refractivity contribution in [1.29, 1.82) is 0 Å². The smallest absolute Gasteiger partial charge is 0.202 e. The monoisotopic (exact) mass is 336 g/mol. The Labute approximate surface area is 147 Å². The quantitative estimate of drug-likeness (QED) is 0.768. The molecule has 2 fully saturated rings. The van der Waals surface area contributed by atoms with Gasteiger partial charge in [0.25, 0.3) is 0 Å². The van der Waals surface area contributed by atoms with E-state index in [4.69, 9.17) is 9.51 Å². The van der Waals surface area contributed by atoms with Crippen molar-refractivity contribution in [2.45, 2.75) is 51.2 Å². The fourth-order valence-corrected chi connectivity index (χ4v) is 4.93. The van der Waals surface area contributed by atoms with Crippen LogP contribution in [0, 0.1) is 11.8 Å². The van der Waals surface area contributed by atoms with Crippen LogP contribution < -0.4 is 5.32 Å². The standard InChI is InChI=1S/C20H24N4O/c1-12-9-13(2)17-11-14(10-16(12)22-17)24-18-6-4-3-5-15(18)23-20(24)19-7-8-21-25-19/h3-8,12-14,16-17,22H,9-11H2,1-2H3/t12-,13?,14?,16?,17?/m1/s1. The molecule has 1 aromatic carbocycles. The average Bonchev–Trinajstić information content (AvgIpc) is 3.27. The SMILES string of the molecule is CC1C[C@@H](C)C2CC(n3c(-c4ccno4)nc4ccccc43)CC1N2. The Morgan fingerprint density at radius 2 is 1.80 bits per heavy atom. The van der Waals surface area contributed by atoms with E-state index in [-0.39, 0.29) is 0 Å². The lowest BCUT2D eigenvalue weighted by atomic mass is 9.73. The molecule has 1 N–H and O–H groups in total. The fourth-order valence-electron chi connectivity index (χ4n) is 4.93. The van der Waals surface area contributed by atoms with Crippen LogP contribution in [0.3, 0.4) is 0 Å². The lowest BCUT2D eigenvalue weighted by Gasteiger charge is -2.47. The largest absolute Gasteiger partial charge is 0.353 e. The number of fused-ring (bicyclic) bond motifs is 3. The van der Waals surface area contributed by atoms with E-state index < -0.39 is 0 Å². The molecule has 2 aliphatic rings. The first kappa shape index (κ1) is 15.1. The van der Waals surface area contributed by atoms with Crippen LogP contribution in [-0.2, 0) is 0 Å². The van der Waals surface area contributed by atoms with Crippen molar-refractivity contribution in [3.8, 4) is 11.6 Å². The Bertz CT molecular complexity index is 868. The molecule has 4 heterocycles. The fraction of sp³-hybridized carbons (Fsp3) is 0.500. The number of nitrogens with one attached hydrogen (secondary N) is 1. The van der Waals surface area contributed by atoms with E-state index in [1.807, 2.05) is 12.1 Å². The molecule has 5 heteroatoms. The van der Waals surface area contributed by atoms with Gasteiger partial charge in [-0.15, -0.1) is 0 Å². The van der Waals surface area contributed by atoms with Crippen LogP contribution in [-0.4, -0.2) is 26.8 Å². The van der Waals surface area contributed by atoms with Gasteiger partial charge in [0.05, 0.1) is 17.2 Å². The zero-order chi connectivity index (χ0) is 17.0. The number of hydrogen-bond donors (Lipinski definition) is 1. The summed E-state index contributed by atoms with van der Waals surface area (Å²) in [7, 11) is 0. The summed E-state index contributed by atoms with van der Waals surface area (Å²) in [5, 5.41) is 7.77. The molecule has 5 nitrogen and oxygen atoms in total. The lowest BCUT2D eigenvalue weighted by molar-refractivity contribution is 0.102. The molecule has 130 valence electrons. The van der Waals surface area contributed by atoms with E-state index >= 15 is 0 Å². The van der Waals surface area contributed by atoms with Crippen molar-refractivity contribution in [3.63, 3.8) is 0 Å². The Morgan fingerprint density at radius 3 is 2.52 bits per heavy atom. The minimum absolute atomic E-state index is 0.439. The van der Waals surface area contributed by atoms with E-state index in [9.17, 15) is 0 Å². The number of hydrogen-bond acceptors (Lipinski definition) is 4. The summed E-state index contributed by atoms with van der Waals surface area (Å²) in [5.74, 6) is 3.10. The highest BCUT2D eigenvalue weighted by atomic mass is 16.5. The van der Waals surface area contributed by atoms with Crippen molar-refractivity contribution in [3.05, 3.63) is 36.5 Å². The molecule has 0 aliphatic carbocycles. The second-order valence-electron chi connectivity index (χ2n) is 7.87. The zero-order valence-electron chi connectivity index (χ0n) is 14.7. The topological polar surface area (TPSA) is 55.9 Å². The van der Waals surface area contributed by atoms with Crippen molar-refractivity contribution >= 4 is 11.0 Å². The summed E-state index contributed by atoms with van der Waals surface area (Å²) in [6, 6.07) is 11.9. The zero-order valence-corrected chi connectivity index (χ0v) is 14.7.